The molecular formula is C22H37NO6. The average molecular weight is 412 g/mol. The lowest BCUT2D eigenvalue weighted by Gasteiger charge is -2.45. The van der Waals surface area contributed by atoms with Crippen LogP contribution >= 0.6 is 0 Å². The minimum atomic E-state index is -0.786. The predicted octanol–water partition coefficient (Wildman–Crippen LogP) is 1.51. The minimum absolute atomic E-state index is 0.0958. The Hall–Kier alpha value is -1.25. The number of ether oxygens (including phenoxy) is 2. The van der Waals surface area contributed by atoms with Crippen LogP contribution in [0.25, 0.3) is 0 Å². The fourth-order valence-corrected chi connectivity index (χ4v) is 4.52. The Labute approximate surface area is 173 Å². The van der Waals surface area contributed by atoms with Crippen LogP contribution in [0.1, 0.15) is 47.5 Å². The van der Waals surface area contributed by atoms with Crippen LogP contribution in [-0.4, -0.2) is 58.0 Å². The molecule has 0 spiro atoms. The van der Waals surface area contributed by atoms with Crippen molar-refractivity contribution >= 4 is 5.91 Å². The number of allylic oxidation sites excluding steroid dienone is 2. The van der Waals surface area contributed by atoms with E-state index in [0.29, 0.717) is 0 Å². The summed E-state index contributed by atoms with van der Waals surface area (Å²) in [7, 11) is 0. The molecule has 0 saturated carbocycles. The number of carbonyl (C=O) groups excluding carboxylic acids is 1. The van der Waals surface area contributed by atoms with E-state index >= 15 is 0 Å². The number of rotatable bonds is 9. The summed E-state index contributed by atoms with van der Waals surface area (Å²) < 4.78 is 12.2. The molecule has 166 valence electrons. The summed E-state index contributed by atoms with van der Waals surface area (Å²) in [6.45, 7) is 9.24. The van der Waals surface area contributed by atoms with Crippen LogP contribution in [0.5, 0.6) is 0 Å². The first-order valence-electron chi connectivity index (χ1n) is 10.5. The van der Waals surface area contributed by atoms with E-state index in [1.54, 1.807) is 12.2 Å². The molecule has 2 saturated heterocycles. The number of hydrogen-bond acceptors (Lipinski definition) is 6. The zero-order chi connectivity index (χ0) is 21.9. The number of hydrogen-bond donors (Lipinski definition) is 4. The van der Waals surface area contributed by atoms with Gasteiger partial charge in [0.2, 0.25) is 5.91 Å². The Morgan fingerprint density at radius 3 is 2.48 bits per heavy atom. The topological polar surface area (TPSA) is 122 Å². The van der Waals surface area contributed by atoms with E-state index in [-0.39, 0.29) is 41.5 Å². The molecule has 9 atom stereocenters. The Morgan fingerprint density at radius 2 is 1.90 bits per heavy atom. The summed E-state index contributed by atoms with van der Waals surface area (Å²) in [4.78, 5) is 11.1. The third-order valence-corrected chi connectivity index (χ3v) is 6.65. The number of aliphatic hydroxyl groups is 3. The molecule has 2 fully saturated rings. The normalized spacial score (nSPS) is 35.3. The highest BCUT2D eigenvalue weighted by molar-refractivity contribution is 5.92. The average Bonchev–Trinajstić information content (AvgIpc) is 3.02. The van der Waals surface area contributed by atoms with Gasteiger partial charge >= 0.3 is 0 Å². The Kier molecular flexibility index (Phi) is 8.04. The van der Waals surface area contributed by atoms with Gasteiger partial charge in [-0.2, -0.15) is 0 Å². The fourth-order valence-electron chi connectivity index (χ4n) is 4.52. The zero-order valence-corrected chi connectivity index (χ0v) is 18.1. The molecule has 7 nitrogen and oxygen atoms in total. The molecule has 2 heterocycles. The smallest absolute Gasteiger partial charge is 0.246 e. The van der Waals surface area contributed by atoms with Crippen LogP contribution < -0.4 is 5.73 Å². The second kappa shape index (κ2) is 9.71. The van der Waals surface area contributed by atoms with Crippen molar-refractivity contribution in [3.8, 4) is 0 Å². The van der Waals surface area contributed by atoms with Crippen LogP contribution in [0.3, 0.4) is 0 Å². The second-order valence-electron chi connectivity index (χ2n) is 8.93. The first kappa shape index (κ1) is 24.0. The molecule has 1 amide bonds. The van der Waals surface area contributed by atoms with Gasteiger partial charge in [-0.15, -0.1) is 0 Å². The summed E-state index contributed by atoms with van der Waals surface area (Å²) in [6, 6.07) is 0. The molecule has 0 aromatic heterocycles. The van der Waals surface area contributed by atoms with E-state index in [2.05, 4.69) is 6.92 Å². The van der Waals surface area contributed by atoms with Crippen LogP contribution in [0.4, 0.5) is 0 Å². The van der Waals surface area contributed by atoms with Crippen molar-refractivity contribution in [2.75, 3.05) is 6.61 Å². The Balaban J connectivity index is 2.00. The highest BCUT2D eigenvalue weighted by Gasteiger charge is 2.51. The van der Waals surface area contributed by atoms with Crippen LogP contribution in [0.15, 0.2) is 23.8 Å². The number of amides is 1. The van der Waals surface area contributed by atoms with Gasteiger partial charge in [0.1, 0.15) is 0 Å². The van der Waals surface area contributed by atoms with Crippen molar-refractivity contribution in [1.29, 1.82) is 0 Å². The van der Waals surface area contributed by atoms with E-state index in [0.717, 1.165) is 12.8 Å². The van der Waals surface area contributed by atoms with Crippen molar-refractivity contribution < 1.29 is 29.6 Å². The Morgan fingerprint density at radius 1 is 1.24 bits per heavy atom. The molecule has 0 radical (unpaired) electrons. The SMILES string of the molecule is C[C@H]([C@H](O)[C@H](C)[C@@H](O)[C@@H](C)/C=C/C=C(/CO)C(N)=O)[C@@H]1O[C@@]2(C)CC[C@@H](O2)[C@@H]1C. The van der Waals surface area contributed by atoms with E-state index < -0.39 is 30.5 Å². The maximum atomic E-state index is 11.1. The summed E-state index contributed by atoms with van der Waals surface area (Å²) in [5, 5.41) is 30.8. The predicted molar refractivity (Wildman–Crippen MR) is 110 cm³/mol. The maximum Gasteiger partial charge on any atom is 0.246 e. The molecule has 2 bridgehead atoms. The van der Waals surface area contributed by atoms with Gasteiger partial charge < -0.3 is 30.5 Å². The van der Waals surface area contributed by atoms with E-state index in [1.165, 1.54) is 6.08 Å². The largest absolute Gasteiger partial charge is 0.392 e. The number of carbonyl (C=O) groups is 1. The van der Waals surface area contributed by atoms with E-state index in [4.69, 9.17) is 20.3 Å². The minimum Gasteiger partial charge on any atom is -0.392 e. The molecular weight excluding hydrogens is 374 g/mol. The monoisotopic (exact) mass is 411 g/mol. The third kappa shape index (κ3) is 5.47. The Bertz CT molecular complexity index is 635. The molecule has 0 aliphatic carbocycles. The van der Waals surface area contributed by atoms with Gasteiger partial charge in [0.25, 0.3) is 0 Å². The van der Waals surface area contributed by atoms with Crippen molar-refractivity contribution in [1.82, 2.24) is 0 Å². The first-order chi connectivity index (χ1) is 13.5. The lowest BCUT2D eigenvalue weighted by atomic mass is 9.78. The summed E-state index contributed by atoms with van der Waals surface area (Å²) in [5.41, 5.74) is 5.25. The van der Waals surface area contributed by atoms with Crippen molar-refractivity contribution in [3.63, 3.8) is 0 Å². The van der Waals surface area contributed by atoms with E-state index in [1.807, 2.05) is 27.7 Å². The van der Waals surface area contributed by atoms with Crippen LogP contribution in [-0.2, 0) is 14.3 Å². The highest BCUT2D eigenvalue weighted by Crippen LogP contribution is 2.45. The number of fused-ring (bicyclic) bond motifs is 2. The lowest BCUT2D eigenvalue weighted by Crippen LogP contribution is -2.52. The second-order valence-corrected chi connectivity index (χ2v) is 8.93. The maximum absolute atomic E-state index is 11.1. The number of nitrogens with two attached hydrogens (primary N) is 1. The van der Waals surface area contributed by atoms with Gasteiger partial charge in [-0.3, -0.25) is 4.79 Å². The molecule has 29 heavy (non-hydrogen) atoms. The molecule has 0 aromatic carbocycles. The van der Waals surface area contributed by atoms with Crippen LogP contribution in [0, 0.1) is 23.7 Å². The summed E-state index contributed by atoms with van der Waals surface area (Å²) in [6.07, 6.45) is 5.05. The van der Waals surface area contributed by atoms with Gasteiger partial charge in [-0.1, -0.05) is 45.9 Å². The molecule has 2 aliphatic rings. The van der Waals surface area contributed by atoms with Gasteiger partial charge in [-0.25, -0.2) is 0 Å². The van der Waals surface area contributed by atoms with Gasteiger partial charge in [-0.05, 0) is 13.3 Å². The van der Waals surface area contributed by atoms with Crippen LogP contribution in [0.2, 0.25) is 0 Å². The quantitative estimate of drug-likeness (QED) is 0.337. The van der Waals surface area contributed by atoms with E-state index in [9.17, 15) is 15.0 Å². The molecule has 7 heteroatoms. The molecule has 5 N–H and O–H groups in total. The summed E-state index contributed by atoms with van der Waals surface area (Å²) >= 11 is 0. The number of aliphatic hydroxyl groups excluding tert-OH is 3. The van der Waals surface area contributed by atoms with Crippen molar-refractivity contribution in [3.05, 3.63) is 23.8 Å². The summed E-state index contributed by atoms with van der Waals surface area (Å²) in [5.74, 6) is -1.90. The molecule has 2 rings (SSSR count). The third-order valence-electron chi connectivity index (χ3n) is 6.65. The molecule has 0 aromatic rings. The standard InChI is InChI=1S/C22H37NO6/c1-12(7-6-8-16(11-24)21(23)27)18(25)14(3)19(26)15(4)20-13(2)17-9-10-22(5,28-17)29-20/h6-8,12-15,17-20,24-26H,9-11H2,1-5H3,(H2,23,27)/b7-6+,16-8-/t12-,13-,14+,15+,17+,18-,19+,20+,22-/m0/s1. The molecule has 2 aliphatic heterocycles. The fraction of sp³-hybridized carbons (Fsp3) is 0.773. The van der Waals surface area contributed by atoms with Crippen molar-refractivity contribution in [2.24, 2.45) is 29.4 Å². The van der Waals surface area contributed by atoms with Gasteiger partial charge in [0.05, 0.1) is 31.0 Å². The first-order valence-corrected chi connectivity index (χ1v) is 10.5. The zero-order valence-electron chi connectivity index (χ0n) is 18.1. The van der Waals surface area contributed by atoms with Gasteiger partial charge in [0.15, 0.2) is 5.79 Å². The molecule has 0 unspecified atom stereocenters. The van der Waals surface area contributed by atoms with Gasteiger partial charge in [0, 0.05) is 35.7 Å². The van der Waals surface area contributed by atoms with Crippen molar-refractivity contribution in [2.45, 2.75) is 77.7 Å². The lowest BCUT2D eigenvalue weighted by molar-refractivity contribution is -0.309. The number of primary amides is 1. The highest BCUT2D eigenvalue weighted by atomic mass is 16.7.